The Balaban J connectivity index is 1.81. The molecule has 8 heteroatoms. The number of fused-ring (bicyclic) bond motifs is 1. The van der Waals surface area contributed by atoms with E-state index >= 15 is 0 Å². The van der Waals surface area contributed by atoms with Crippen LogP contribution >= 0.6 is 0 Å². The molecule has 27 heavy (non-hydrogen) atoms. The first-order valence-electron chi connectivity index (χ1n) is 8.18. The van der Waals surface area contributed by atoms with Crippen molar-refractivity contribution >= 4 is 28.8 Å². The molecule has 1 aromatic heterocycles. The standard InChI is InChI=1S/C19H17N3O5/c1-11(17(23)21-19(25)20-2)26-18(24)13-8-9-15-14(10-13)16(27-22-15)12-6-4-3-5-7-12/h3-11H,1-2H3,(H2,20,21,23,25). The molecule has 0 bridgehead atoms. The number of benzene rings is 2. The van der Waals surface area contributed by atoms with E-state index in [9.17, 15) is 14.4 Å². The second-order valence-electron chi connectivity index (χ2n) is 5.73. The van der Waals surface area contributed by atoms with Crippen LogP contribution in [0.3, 0.4) is 0 Å². The summed E-state index contributed by atoms with van der Waals surface area (Å²) in [5.41, 5.74) is 1.65. The van der Waals surface area contributed by atoms with Gasteiger partial charge in [0, 0.05) is 12.6 Å². The molecule has 138 valence electrons. The van der Waals surface area contributed by atoms with Gasteiger partial charge < -0.3 is 14.6 Å². The summed E-state index contributed by atoms with van der Waals surface area (Å²) in [4.78, 5) is 35.4. The van der Waals surface area contributed by atoms with Crippen molar-refractivity contribution in [2.24, 2.45) is 0 Å². The van der Waals surface area contributed by atoms with E-state index in [0.717, 1.165) is 5.56 Å². The van der Waals surface area contributed by atoms with E-state index in [-0.39, 0.29) is 5.56 Å². The number of nitrogens with zero attached hydrogens (tertiary/aromatic N) is 1. The lowest BCUT2D eigenvalue weighted by Gasteiger charge is -2.12. The Kier molecular flexibility index (Phi) is 5.16. The van der Waals surface area contributed by atoms with Gasteiger partial charge in [0.05, 0.1) is 10.9 Å². The molecule has 0 radical (unpaired) electrons. The van der Waals surface area contributed by atoms with Gasteiger partial charge in [-0.05, 0) is 25.1 Å². The normalized spacial score (nSPS) is 11.6. The molecule has 0 aliphatic carbocycles. The fourth-order valence-electron chi connectivity index (χ4n) is 2.42. The third-order valence-electron chi connectivity index (χ3n) is 3.86. The van der Waals surface area contributed by atoms with Crippen molar-refractivity contribution in [2.45, 2.75) is 13.0 Å². The van der Waals surface area contributed by atoms with Crippen LogP contribution < -0.4 is 10.6 Å². The minimum absolute atomic E-state index is 0.238. The fraction of sp³-hybridized carbons (Fsp3) is 0.158. The Morgan fingerprint density at radius 1 is 1.11 bits per heavy atom. The minimum atomic E-state index is -1.14. The van der Waals surface area contributed by atoms with Crippen LogP contribution in [-0.4, -0.2) is 36.2 Å². The molecule has 3 rings (SSSR count). The van der Waals surface area contributed by atoms with E-state index in [4.69, 9.17) is 9.26 Å². The van der Waals surface area contributed by atoms with E-state index in [1.165, 1.54) is 20.0 Å². The maximum atomic E-state index is 12.4. The van der Waals surface area contributed by atoms with Crippen LogP contribution in [0.2, 0.25) is 0 Å². The highest BCUT2D eigenvalue weighted by Gasteiger charge is 2.21. The van der Waals surface area contributed by atoms with Gasteiger partial charge in [-0.1, -0.05) is 35.5 Å². The van der Waals surface area contributed by atoms with Crippen LogP contribution in [0.1, 0.15) is 17.3 Å². The van der Waals surface area contributed by atoms with Gasteiger partial charge in [-0.3, -0.25) is 10.1 Å². The molecule has 3 aromatic rings. The highest BCUT2D eigenvalue weighted by atomic mass is 16.5. The second kappa shape index (κ2) is 7.69. The SMILES string of the molecule is CNC(=O)NC(=O)C(C)OC(=O)c1ccc2noc(-c3ccccc3)c2c1. The number of hydrogen-bond donors (Lipinski definition) is 2. The Morgan fingerprint density at radius 3 is 2.56 bits per heavy atom. The summed E-state index contributed by atoms with van der Waals surface area (Å²) in [5.74, 6) is -0.888. The van der Waals surface area contributed by atoms with Crippen molar-refractivity contribution in [3.05, 3.63) is 54.1 Å². The molecule has 0 spiro atoms. The average Bonchev–Trinajstić information content (AvgIpc) is 3.11. The van der Waals surface area contributed by atoms with Gasteiger partial charge in [-0.25, -0.2) is 9.59 Å². The van der Waals surface area contributed by atoms with Crippen LogP contribution in [0.15, 0.2) is 53.1 Å². The molecule has 1 atom stereocenters. The van der Waals surface area contributed by atoms with E-state index in [2.05, 4.69) is 15.8 Å². The molecule has 8 nitrogen and oxygen atoms in total. The molecule has 1 heterocycles. The zero-order valence-corrected chi connectivity index (χ0v) is 14.7. The van der Waals surface area contributed by atoms with Gasteiger partial charge in [-0.2, -0.15) is 0 Å². The number of hydrogen-bond acceptors (Lipinski definition) is 6. The Hall–Kier alpha value is -3.68. The number of imide groups is 1. The number of ether oxygens (including phenoxy) is 1. The van der Waals surface area contributed by atoms with Gasteiger partial charge in [-0.15, -0.1) is 0 Å². The van der Waals surface area contributed by atoms with Crippen molar-refractivity contribution in [3.63, 3.8) is 0 Å². The summed E-state index contributed by atoms with van der Waals surface area (Å²) in [6, 6.07) is 13.5. The first-order valence-corrected chi connectivity index (χ1v) is 8.18. The van der Waals surface area contributed by atoms with Gasteiger partial charge in [0.2, 0.25) is 0 Å². The average molecular weight is 367 g/mol. The third kappa shape index (κ3) is 3.95. The molecule has 2 aromatic carbocycles. The quantitative estimate of drug-likeness (QED) is 0.686. The molecule has 0 fully saturated rings. The smallest absolute Gasteiger partial charge is 0.338 e. The van der Waals surface area contributed by atoms with Gasteiger partial charge in [0.25, 0.3) is 5.91 Å². The van der Waals surface area contributed by atoms with E-state index in [0.29, 0.717) is 16.7 Å². The molecule has 1 unspecified atom stereocenters. The van der Waals surface area contributed by atoms with Crippen LogP contribution in [0.25, 0.3) is 22.2 Å². The monoisotopic (exact) mass is 367 g/mol. The van der Waals surface area contributed by atoms with Crippen LogP contribution in [0, 0.1) is 0 Å². The second-order valence-corrected chi connectivity index (χ2v) is 5.73. The zero-order chi connectivity index (χ0) is 19.4. The highest BCUT2D eigenvalue weighted by molar-refractivity contribution is 6.01. The molecule has 3 amide bonds. The van der Waals surface area contributed by atoms with Crippen molar-refractivity contribution in [3.8, 4) is 11.3 Å². The predicted octanol–water partition coefficient (Wildman–Crippen LogP) is 2.50. The lowest BCUT2D eigenvalue weighted by Crippen LogP contribution is -2.43. The van der Waals surface area contributed by atoms with Crippen LogP contribution in [0.4, 0.5) is 4.79 Å². The maximum Gasteiger partial charge on any atom is 0.338 e. The number of aromatic nitrogens is 1. The number of rotatable bonds is 4. The number of amides is 3. The molecule has 2 N–H and O–H groups in total. The zero-order valence-electron chi connectivity index (χ0n) is 14.7. The predicted molar refractivity (Wildman–Crippen MR) is 96.9 cm³/mol. The molecule has 0 aliphatic rings. The van der Waals surface area contributed by atoms with E-state index in [1.807, 2.05) is 30.3 Å². The molecule has 0 saturated heterocycles. The number of carbonyl (C=O) groups is 3. The summed E-state index contributed by atoms with van der Waals surface area (Å²) in [5, 5.41) is 8.94. The van der Waals surface area contributed by atoms with Gasteiger partial charge in [0.1, 0.15) is 5.52 Å². The molecular weight excluding hydrogens is 350 g/mol. The summed E-state index contributed by atoms with van der Waals surface area (Å²) in [6.45, 7) is 1.38. The van der Waals surface area contributed by atoms with Crippen LogP contribution in [-0.2, 0) is 9.53 Å². The lowest BCUT2D eigenvalue weighted by atomic mass is 10.1. The van der Waals surface area contributed by atoms with E-state index in [1.54, 1.807) is 12.1 Å². The van der Waals surface area contributed by atoms with Crippen molar-refractivity contribution in [1.29, 1.82) is 0 Å². The summed E-state index contributed by atoms with van der Waals surface area (Å²) in [6.07, 6.45) is -1.14. The first kappa shape index (κ1) is 18.1. The largest absolute Gasteiger partial charge is 0.449 e. The van der Waals surface area contributed by atoms with Gasteiger partial charge >= 0.3 is 12.0 Å². The number of esters is 1. The maximum absolute atomic E-state index is 12.4. The third-order valence-corrected chi connectivity index (χ3v) is 3.86. The Bertz CT molecular complexity index is 997. The lowest BCUT2D eigenvalue weighted by molar-refractivity contribution is -0.127. The van der Waals surface area contributed by atoms with Crippen LogP contribution in [0.5, 0.6) is 0 Å². The molecule has 0 saturated carbocycles. The van der Waals surface area contributed by atoms with Crippen molar-refractivity contribution in [2.75, 3.05) is 7.05 Å². The number of urea groups is 1. The summed E-state index contributed by atoms with van der Waals surface area (Å²) < 4.78 is 10.5. The van der Waals surface area contributed by atoms with Crippen molar-refractivity contribution < 1.29 is 23.6 Å². The highest BCUT2D eigenvalue weighted by Crippen LogP contribution is 2.29. The summed E-state index contributed by atoms with van der Waals surface area (Å²) >= 11 is 0. The number of nitrogens with one attached hydrogen (secondary N) is 2. The van der Waals surface area contributed by atoms with Gasteiger partial charge in [0.15, 0.2) is 11.9 Å². The Morgan fingerprint density at radius 2 is 1.85 bits per heavy atom. The minimum Gasteiger partial charge on any atom is -0.449 e. The first-order chi connectivity index (χ1) is 13.0. The topological polar surface area (TPSA) is 111 Å². The summed E-state index contributed by atoms with van der Waals surface area (Å²) in [7, 11) is 1.37. The Labute approximate surface area is 154 Å². The molecular formula is C19H17N3O5. The molecule has 0 aliphatic heterocycles. The fourth-order valence-corrected chi connectivity index (χ4v) is 2.42. The number of carbonyl (C=O) groups excluding carboxylic acids is 3. The van der Waals surface area contributed by atoms with Crippen molar-refractivity contribution in [1.82, 2.24) is 15.8 Å². The van der Waals surface area contributed by atoms with E-state index < -0.39 is 24.0 Å².